The van der Waals surface area contributed by atoms with Crippen LogP contribution in [0.5, 0.6) is 0 Å². The summed E-state index contributed by atoms with van der Waals surface area (Å²) in [7, 11) is 0. The van der Waals surface area contributed by atoms with E-state index in [1.165, 1.54) is 25.2 Å². The van der Waals surface area contributed by atoms with Gasteiger partial charge in [0.05, 0.1) is 6.33 Å². The summed E-state index contributed by atoms with van der Waals surface area (Å²) < 4.78 is 0. The maximum absolute atomic E-state index is 10.9. The lowest BCUT2D eigenvalue weighted by Gasteiger charge is -2.12. The van der Waals surface area contributed by atoms with Crippen molar-refractivity contribution in [2.24, 2.45) is 5.92 Å². The molecule has 1 saturated carbocycles. The van der Waals surface area contributed by atoms with Gasteiger partial charge in [-0.05, 0) is 25.7 Å². The molecule has 1 heterocycles. The summed E-state index contributed by atoms with van der Waals surface area (Å²) in [6.45, 7) is 2.13. The maximum Gasteiger partial charge on any atom is 0.252 e. The van der Waals surface area contributed by atoms with Crippen molar-refractivity contribution in [1.82, 2.24) is 9.97 Å². The minimum Gasteiger partial charge on any atom is -0.367 e. The highest BCUT2D eigenvalue weighted by atomic mass is 16.1. The molecule has 2 N–H and O–H groups in total. The number of hydrogen-bond acceptors (Lipinski definition) is 3. The molecule has 1 unspecified atom stereocenters. The first kappa shape index (κ1) is 8.29. The fraction of sp³-hybridized carbons (Fsp3) is 0.556. The second-order valence-corrected chi connectivity index (χ2v) is 3.57. The molecule has 13 heavy (non-hydrogen) atoms. The van der Waals surface area contributed by atoms with E-state index in [2.05, 4.69) is 22.2 Å². The molecular weight excluding hydrogens is 166 g/mol. The van der Waals surface area contributed by atoms with Gasteiger partial charge in [-0.25, -0.2) is 4.98 Å². The van der Waals surface area contributed by atoms with Crippen molar-refractivity contribution in [3.63, 3.8) is 0 Å². The fourth-order valence-corrected chi connectivity index (χ4v) is 1.39. The number of hydrogen-bond donors (Lipinski definition) is 2. The van der Waals surface area contributed by atoms with Gasteiger partial charge in [0.25, 0.3) is 5.56 Å². The number of nitrogens with zero attached hydrogens (tertiary/aromatic N) is 1. The van der Waals surface area contributed by atoms with Gasteiger partial charge in [-0.3, -0.25) is 4.79 Å². The summed E-state index contributed by atoms with van der Waals surface area (Å²) in [6, 6.07) is 1.91. The van der Waals surface area contributed by atoms with Gasteiger partial charge in [-0.15, -0.1) is 0 Å². The van der Waals surface area contributed by atoms with E-state index in [-0.39, 0.29) is 5.56 Å². The van der Waals surface area contributed by atoms with Gasteiger partial charge >= 0.3 is 0 Å². The molecule has 1 aliphatic rings. The number of aromatic amines is 1. The van der Waals surface area contributed by atoms with E-state index in [4.69, 9.17) is 0 Å². The molecule has 4 nitrogen and oxygen atoms in total. The van der Waals surface area contributed by atoms with Gasteiger partial charge in [-0.1, -0.05) is 0 Å². The number of nitrogens with one attached hydrogen (secondary N) is 2. The highest BCUT2D eigenvalue weighted by Crippen LogP contribution is 2.33. The van der Waals surface area contributed by atoms with E-state index < -0.39 is 0 Å². The molecule has 0 radical (unpaired) electrons. The molecule has 2 rings (SSSR count). The summed E-state index contributed by atoms with van der Waals surface area (Å²) in [4.78, 5) is 17.4. The zero-order valence-corrected chi connectivity index (χ0v) is 7.58. The minimum absolute atomic E-state index is 0.111. The molecule has 0 saturated heterocycles. The molecule has 0 spiro atoms. The van der Waals surface area contributed by atoms with E-state index in [1.54, 1.807) is 0 Å². The van der Waals surface area contributed by atoms with E-state index in [0.717, 1.165) is 5.92 Å². The maximum atomic E-state index is 10.9. The van der Waals surface area contributed by atoms with Gasteiger partial charge in [0.2, 0.25) is 0 Å². The molecule has 1 fully saturated rings. The Kier molecular flexibility index (Phi) is 2.04. The molecular formula is C9H13N3O. The Morgan fingerprint density at radius 2 is 2.46 bits per heavy atom. The second-order valence-electron chi connectivity index (χ2n) is 3.57. The number of anilines is 1. The van der Waals surface area contributed by atoms with E-state index in [9.17, 15) is 4.79 Å². The molecule has 1 aromatic heterocycles. The van der Waals surface area contributed by atoms with Crippen LogP contribution in [0, 0.1) is 5.92 Å². The van der Waals surface area contributed by atoms with Gasteiger partial charge < -0.3 is 10.3 Å². The third-order valence-electron chi connectivity index (χ3n) is 2.38. The molecule has 1 aromatic rings. The van der Waals surface area contributed by atoms with Crippen molar-refractivity contribution in [2.75, 3.05) is 5.32 Å². The lowest BCUT2D eigenvalue weighted by molar-refractivity contribution is 0.690. The van der Waals surface area contributed by atoms with Crippen molar-refractivity contribution in [3.05, 3.63) is 22.7 Å². The van der Waals surface area contributed by atoms with E-state index in [1.807, 2.05) is 0 Å². The van der Waals surface area contributed by atoms with Crippen molar-refractivity contribution in [1.29, 1.82) is 0 Å². The average molecular weight is 179 g/mol. The van der Waals surface area contributed by atoms with Crippen LogP contribution in [-0.4, -0.2) is 16.0 Å². The van der Waals surface area contributed by atoms with Crippen LogP contribution in [0.2, 0.25) is 0 Å². The number of aromatic nitrogens is 2. The van der Waals surface area contributed by atoms with Gasteiger partial charge in [0.1, 0.15) is 5.82 Å². The summed E-state index contributed by atoms with van der Waals surface area (Å²) in [5.74, 6) is 1.43. The van der Waals surface area contributed by atoms with E-state index in [0.29, 0.717) is 11.9 Å². The highest BCUT2D eigenvalue weighted by Gasteiger charge is 2.27. The number of rotatable bonds is 3. The van der Waals surface area contributed by atoms with Gasteiger partial charge in [0, 0.05) is 12.1 Å². The van der Waals surface area contributed by atoms with Gasteiger partial charge in [-0.2, -0.15) is 0 Å². The van der Waals surface area contributed by atoms with Crippen molar-refractivity contribution in [2.45, 2.75) is 25.8 Å². The summed E-state index contributed by atoms with van der Waals surface area (Å²) >= 11 is 0. The molecule has 0 aromatic carbocycles. The van der Waals surface area contributed by atoms with Crippen molar-refractivity contribution < 1.29 is 0 Å². The first-order valence-electron chi connectivity index (χ1n) is 4.57. The van der Waals surface area contributed by atoms with Crippen LogP contribution in [-0.2, 0) is 0 Å². The fourth-order valence-electron chi connectivity index (χ4n) is 1.39. The van der Waals surface area contributed by atoms with Gasteiger partial charge in [0.15, 0.2) is 0 Å². The molecule has 70 valence electrons. The monoisotopic (exact) mass is 179 g/mol. The lowest BCUT2D eigenvalue weighted by atomic mass is 10.2. The lowest BCUT2D eigenvalue weighted by Crippen LogP contribution is -2.19. The van der Waals surface area contributed by atoms with Crippen LogP contribution < -0.4 is 10.9 Å². The first-order chi connectivity index (χ1) is 6.25. The third kappa shape index (κ3) is 2.08. The molecule has 1 aliphatic carbocycles. The third-order valence-corrected chi connectivity index (χ3v) is 2.38. The van der Waals surface area contributed by atoms with Crippen molar-refractivity contribution >= 4 is 5.82 Å². The standard InChI is InChI=1S/C9H13N3O/c1-6(7-2-3-7)12-8-4-9(13)11-5-10-8/h4-7H,2-3H2,1H3,(H2,10,11,12,13). The predicted molar refractivity (Wildman–Crippen MR) is 50.7 cm³/mol. The Morgan fingerprint density at radius 3 is 3.08 bits per heavy atom. The van der Waals surface area contributed by atoms with E-state index >= 15 is 0 Å². The first-order valence-corrected chi connectivity index (χ1v) is 4.57. The second kappa shape index (κ2) is 3.20. The zero-order valence-electron chi connectivity index (χ0n) is 7.58. The Balaban J connectivity index is 2.04. The smallest absolute Gasteiger partial charge is 0.252 e. The normalized spacial score (nSPS) is 18.2. The summed E-state index contributed by atoms with van der Waals surface area (Å²) in [6.07, 6.45) is 4.00. The molecule has 0 bridgehead atoms. The largest absolute Gasteiger partial charge is 0.367 e. The Bertz CT molecular complexity index is 343. The summed E-state index contributed by atoms with van der Waals surface area (Å²) in [5, 5.41) is 3.21. The van der Waals surface area contributed by atoms with Crippen LogP contribution in [0.3, 0.4) is 0 Å². The number of H-pyrrole nitrogens is 1. The quantitative estimate of drug-likeness (QED) is 0.727. The zero-order chi connectivity index (χ0) is 9.26. The van der Waals surface area contributed by atoms with Crippen LogP contribution in [0.4, 0.5) is 5.82 Å². The Morgan fingerprint density at radius 1 is 1.69 bits per heavy atom. The highest BCUT2D eigenvalue weighted by molar-refractivity contribution is 5.33. The predicted octanol–water partition coefficient (Wildman–Crippen LogP) is 0.980. The minimum atomic E-state index is -0.111. The molecule has 1 atom stereocenters. The molecule has 0 aliphatic heterocycles. The van der Waals surface area contributed by atoms with Crippen LogP contribution in [0.1, 0.15) is 19.8 Å². The van der Waals surface area contributed by atoms with Crippen LogP contribution >= 0.6 is 0 Å². The Hall–Kier alpha value is -1.32. The average Bonchev–Trinajstić information content (AvgIpc) is 2.85. The molecule has 4 heteroatoms. The SMILES string of the molecule is CC(Nc1cc(=O)[nH]cn1)C1CC1. The van der Waals surface area contributed by atoms with Crippen LogP contribution in [0.25, 0.3) is 0 Å². The molecule has 0 amide bonds. The topological polar surface area (TPSA) is 57.8 Å². The Labute approximate surface area is 76.4 Å². The summed E-state index contributed by atoms with van der Waals surface area (Å²) in [5.41, 5.74) is -0.111. The van der Waals surface area contributed by atoms with Crippen LogP contribution in [0.15, 0.2) is 17.2 Å². The van der Waals surface area contributed by atoms with Crippen molar-refractivity contribution in [3.8, 4) is 0 Å².